The Hall–Kier alpha value is -2.47. The molecule has 138 valence electrons. The maximum atomic E-state index is 12.2. The molecule has 0 heterocycles. The van der Waals surface area contributed by atoms with Crippen molar-refractivity contribution in [3.05, 3.63) is 65.7 Å². The first-order valence-electron chi connectivity index (χ1n) is 8.46. The van der Waals surface area contributed by atoms with Gasteiger partial charge in [-0.15, -0.1) is 0 Å². The number of benzene rings is 2. The Kier molecular flexibility index (Phi) is 7.53. The number of nitrogens with one attached hydrogen (secondary N) is 1. The van der Waals surface area contributed by atoms with Crippen LogP contribution in [0.25, 0.3) is 0 Å². The topological polar surface area (TPSA) is 72.5 Å². The van der Waals surface area contributed by atoms with Crippen molar-refractivity contribution < 1.29 is 18.5 Å². The van der Waals surface area contributed by atoms with Crippen molar-refractivity contribution in [3.8, 4) is 0 Å². The van der Waals surface area contributed by atoms with Crippen LogP contribution in [0.4, 0.5) is 0 Å². The predicted molar refractivity (Wildman–Crippen MR) is 101 cm³/mol. The molecular weight excluding hydrogens is 350 g/mol. The van der Waals surface area contributed by atoms with E-state index in [0.717, 1.165) is 18.4 Å². The number of esters is 1. The molecule has 2 aromatic carbocycles. The van der Waals surface area contributed by atoms with Crippen LogP contribution >= 0.6 is 0 Å². The van der Waals surface area contributed by atoms with Crippen LogP contribution in [0.5, 0.6) is 0 Å². The summed E-state index contributed by atoms with van der Waals surface area (Å²) in [5.41, 5.74) is 1.23. The van der Waals surface area contributed by atoms with Gasteiger partial charge >= 0.3 is 5.97 Å². The van der Waals surface area contributed by atoms with Gasteiger partial charge in [-0.1, -0.05) is 55.8 Å². The predicted octanol–water partition coefficient (Wildman–Crippen LogP) is 3.24. The molecule has 0 saturated heterocycles. The Morgan fingerprint density at radius 1 is 1.08 bits per heavy atom. The van der Waals surface area contributed by atoms with Gasteiger partial charge in [0.2, 0.25) is 0 Å². The van der Waals surface area contributed by atoms with E-state index >= 15 is 0 Å². The molecule has 0 radical (unpaired) electrons. The van der Waals surface area contributed by atoms with Crippen LogP contribution in [0.1, 0.15) is 41.7 Å². The van der Waals surface area contributed by atoms with Crippen molar-refractivity contribution >= 4 is 22.7 Å². The SMILES string of the molecule is CCC[C@H](NC(=O)COC(=O)c1ccccc1[S@](C)=O)c1ccccc1. The van der Waals surface area contributed by atoms with Crippen LogP contribution in [0, 0.1) is 0 Å². The average molecular weight is 373 g/mol. The first-order chi connectivity index (χ1) is 12.5. The highest BCUT2D eigenvalue weighted by Gasteiger charge is 2.18. The number of hydrogen-bond acceptors (Lipinski definition) is 4. The van der Waals surface area contributed by atoms with E-state index in [4.69, 9.17) is 4.74 Å². The Morgan fingerprint density at radius 3 is 2.38 bits per heavy atom. The number of hydrogen-bond donors (Lipinski definition) is 1. The summed E-state index contributed by atoms with van der Waals surface area (Å²) >= 11 is 0. The lowest BCUT2D eigenvalue weighted by Gasteiger charge is -2.18. The molecule has 0 aliphatic carbocycles. The third-order valence-corrected chi connectivity index (χ3v) is 4.84. The Bertz CT molecular complexity index is 776. The number of carbonyl (C=O) groups is 2. The van der Waals surface area contributed by atoms with Gasteiger partial charge in [0.1, 0.15) is 0 Å². The molecule has 6 heteroatoms. The van der Waals surface area contributed by atoms with Crippen molar-refractivity contribution in [1.82, 2.24) is 5.32 Å². The summed E-state index contributed by atoms with van der Waals surface area (Å²) in [6, 6.07) is 16.1. The van der Waals surface area contributed by atoms with E-state index in [2.05, 4.69) is 5.32 Å². The summed E-state index contributed by atoms with van der Waals surface area (Å²) in [4.78, 5) is 24.8. The fourth-order valence-electron chi connectivity index (χ4n) is 2.63. The number of carbonyl (C=O) groups excluding carboxylic acids is 2. The average Bonchev–Trinajstić information content (AvgIpc) is 2.66. The Balaban J connectivity index is 1.97. The zero-order valence-electron chi connectivity index (χ0n) is 14.9. The van der Waals surface area contributed by atoms with Crippen LogP contribution in [0.15, 0.2) is 59.5 Å². The van der Waals surface area contributed by atoms with Gasteiger partial charge in [0.05, 0.1) is 27.3 Å². The fourth-order valence-corrected chi connectivity index (χ4v) is 3.36. The van der Waals surface area contributed by atoms with E-state index in [9.17, 15) is 13.8 Å². The summed E-state index contributed by atoms with van der Waals surface area (Å²) in [7, 11) is -1.31. The Labute approximate surface area is 156 Å². The van der Waals surface area contributed by atoms with Crippen LogP contribution in [-0.2, 0) is 20.3 Å². The summed E-state index contributed by atoms with van der Waals surface area (Å²) in [5, 5.41) is 2.90. The van der Waals surface area contributed by atoms with Crippen molar-refractivity contribution in [2.45, 2.75) is 30.7 Å². The molecule has 0 bridgehead atoms. The van der Waals surface area contributed by atoms with Crippen molar-refractivity contribution in [3.63, 3.8) is 0 Å². The largest absolute Gasteiger partial charge is 0.452 e. The summed E-state index contributed by atoms with van der Waals surface area (Å²) < 4.78 is 16.8. The van der Waals surface area contributed by atoms with Crippen LogP contribution in [0.2, 0.25) is 0 Å². The monoisotopic (exact) mass is 373 g/mol. The molecule has 0 unspecified atom stereocenters. The third kappa shape index (κ3) is 5.52. The van der Waals surface area contributed by atoms with E-state index in [-0.39, 0.29) is 24.1 Å². The molecule has 0 spiro atoms. The number of amides is 1. The zero-order valence-corrected chi connectivity index (χ0v) is 15.8. The zero-order chi connectivity index (χ0) is 18.9. The molecule has 5 nitrogen and oxygen atoms in total. The second kappa shape index (κ2) is 9.87. The normalized spacial score (nSPS) is 12.8. The van der Waals surface area contributed by atoms with Gasteiger partial charge in [-0.3, -0.25) is 9.00 Å². The third-order valence-electron chi connectivity index (χ3n) is 3.87. The van der Waals surface area contributed by atoms with Gasteiger partial charge in [0, 0.05) is 6.26 Å². The minimum atomic E-state index is -1.31. The quantitative estimate of drug-likeness (QED) is 0.721. The van der Waals surface area contributed by atoms with Gasteiger partial charge in [0.15, 0.2) is 6.61 Å². The highest BCUT2D eigenvalue weighted by molar-refractivity contribution is 7.84. The smallest absolute Gasteiger partial charge is 0.339 e. The van der Waals surface area contributed by atoms with E-state index in [1.807, 2.05) is 37.3 Å². The van der Waals surface area contributed by atoms with Gasteiger partial charge in [0.25, 0.3) is 5.91 Å². The molecule has 0 aliphatic heterocycles. The first kappa shape index (κ1) is 19.8. The van der Waals surface area contributed by atoms with E-state index in [0.29, 0.717) is 4.90 Å². The molecule has 1 amide bonds. The maximum absolute atomic E-state index is 12.2. The molecule has 2 aromatic rings. The highest BCUT2D eigenvalue weighted by atomic mass is 32.2. The molecule has 0 aromatic heterocycles. The highest BCUT2D eigenvalue weighted by Crippen LogP contribution is 2.18. The fraction of sp³-hybridized carbons (Fsp3) is 0.300. The second-order valence-electron chi connectivity index (χ2n) is 5.85. The number of rotatable bonds is 8. The molecule has 0 saturated carbocycles. The molecule has 26 heavy (non-hydrogen) atoms. The minimum absolute atomic E-state index is 0.122. The summed E-state index contributed by atoms with van der Waals surface area (Å²) in [6.07, 6.45) is 3.20. The van der Waals surface area contributed by atoms with E-state index in [1.54, 1.807) is 24.3 Å². The summed E-state index contributed by atoms with van der Waals surface area (Å²) in [5.74, 6) is -1.02. The molecule has 0 aliphatic rings. The van der Waals surface area contributed by atoms with Crippen molar-refractivity contribution in [1.29, 1.82) is 0 Å². The second-order valence-corrected chi connectivity index (χ2v) is 7.19. The lowest BCUT2D eigenvalue weighted by molar-refractivity contribution is -0.125. The van der Waals surface area contributed by atoms with Crippen molar-refractivity contribution in [2.24, 2.45) is 0 Å². The molecule has 2 atom stereocenters. The molecule has 1 N–H and O–H groups in total. The maximum Gasteiger partial charge on any atom is 0.339 e. The summed E-state index contributed by atoms with van der Waals surface area (Å²) in [6.45, 7) is 1.67. The van der Waals surface area contributed by atoms with Crippen molar-refractivity contribution in [2.75, 3.05) is 12.9 Å². The van der Waals surface area contributed by atoms with Gasteiger partial charge in [-0.25, -0.2) is 4.79 Å². The molecule has 2 rings (SSSR count). The standard InChI is InChI=1S/C20H23NO4S/c1-3-9-17(15-10-5-4-6-11-15)21-19(22)14-25-20(23)16-12-7-8-13-18(16)26(2)24/h4-8,10-13,17H,3,9,14H2,1-2H3,(H,21,22)/t17-,26-/m0/s1. The van der Waals surface area contributed by atoms with E-state index < -0.39 is 16.8 Å². The minimum Gasteiger partial charge on any atom is -0.452 e. The lowest BCUT2D eigenvalue weighted by atomic mass is 10.0. The lowest BCUT2D eigenvalue weighted by Crippen LogP contribution is -2.32. The van der Waals surface area contributed by atoms with Gasteiger partial charge in [-0.05, 0) is 24.1 Å². The van der Waals surface area contributed by atoms with Crippen LogP contribution < -0.4 is 5.32 Å². The van der Waals surface area contributed by atoms with Crippen LogP contribution in [-0.4, -0.2) is 28.9 Å². The van der Waals surface area contributed by atoms with Gasteiger partial charge < -0.3 is 10.1 Å². The first-order valence-corrected chi connectivity index (χ1v) is 10.0. The van der Waals surface area contributed by atoms with Crippen LogP contribution in [0.3, 0.4) is 0 Å². The van der Waals surface area contributed by atoms with Gasteiger partial charge in [-0.2, -0.15) is 0 Å². The molecule has 0 fully saturated rings. The van der Waals surface area contributed by atoms with E-state index in [1.165, 1.54) is 6.26 Å². The Morgan fingerprint density at radius 2 is 1.73 bits per heavy atom. The molecular formula is C20H23NO4S. The number of ether oxygens (including phenoxy) is 1.